The summed E-state index contributed by atoms with van der Waals surface area (Å²) in [6.45, 7) is 6.35. The highest BCUT2D eigenvalue weighted by atomic mass is 16.5. The summed E-state index contributed by atoms with van der Waals surface area (Å²) in [4.78, 5) is 0. The highest BCUT2D eigenvalue weighted by Crippen LogP contribution is 2.45. The average molecular weight is 1070 g/mol. The third-order valence-corrected chi connectivity index (χ3v) is 16.4. The SMILES string of the molecule is CCCOc1c2cccc1Cc1cc(-c3c4ccccc4[n+](C)c4ccccc34)cc(c1OCc1ccccc1)Cc1cccc(c1OCCC)Cc1cc(-c3c4ccccc4[n+](C)c4ccccc34)cc(c1OCc1ccccc1)C2. The zero-order valence-electron chi connectivity index (χ0n) is 47.4. The van der Waals surface area contributed by atoms with Gasteiger partial charge in [-0.05, 0) is 128 Å². The van der Waals surface area contributed by atoms with E-state index >= 15 is 0 Å². The van der Waals surface area contributed by atoms with E-state index in [1.54, 1.807) is 0 Å². The lowest BCUT2D eigenvalue weighted by atomic mass is 9.86. The van der Waals surface area contributed by atoms with Gasteiger partial charge in [-0.25, -0.2) is 0 Å². The van der Waals surface area contributed by atoms with Gasteiger partial charge >= 0.3 is 0 Å². The van der Waals surface area contributed by atoms with Crippen LogP contribution in [-0.4, -0.2) is 13.2 Å². The highest BCUT2D eigenvalue weighted by molar-refractivity contribution is 6.08. The molecule has 13 rings (SSSR count). The number of para-hydroxylation sites is 6. The van der Waals surface area contributed by atoms with Crippen LogP contribution in [0.4, 0.5) is 0 Å². The van der Waals surface area contributed by atoms with Crippen LogP contribution in [0.3, 0.4) is 0 Å². The van der Waals surface area contributed by atoms with Crippen LogP contribution in [0.5, 0.6) is 23.0 Å². The molecule has 0 N–H and O–H groups in total. The number of hydrogen-bond donors (Lipinski definition) is 0. The van der Waals surface area contributed by atoms with Gasteiger partial charge < -0.3 is 18.9 Å². The maximum Gasteiger partial charge on any atom is 0.213 e. The number of aromatic nitrogens is 2. The standard InChI is InChI=1S/C76H68N2O4/c1-5-39-79-73-53-27-21-28-54(73)42-60-46-58(72-65-33-15-19-37-69(65)78(4)70-38-20-16-34-66(70)72)48-62(76(60)82-50-52-25-11-8-12-26-52)44-56-30-22-29-55(74(56)80-40-6-2)43-61-47-57(45-59(41-53)75(61)81-49-51-23-9-7-10-24-51)71-63-31-13-17-35-67(63)77(3)68-36-18-14-32-64(68)71/h7-38,45-48H,5-6,39-44,49-50H2,1-4H3/q+2. The molecule has 404 valence electrons. The van der Waals surface area contributed by atoms with E-state index in [2.05, 4.69) is 255 Å². The molecule has 1 aliphatic rings. The Morgan fingerprint density at radius 2 is 0.585 bits per heavy atom. The van der Waals surface area contributed by atoms with Crippen LogP contribution in [-0.2, 0) is 53.0 Å². The van der Waals surface area contributed by atoms with Crippen molar-refractivity contribution in [1.82, 2.24) is 0 Å². The van der Waals surface area contributed by atoms with E-state index in [9.17, 15) is 0 Å². The van der Waals surface area contributed by atoms with Crippen molar-refractivity contribution in [3.8, 4) is 45.3 Å². The van der Waals surface area contributed by atoms with Gasteiger partial charge in [0.25, 0.3) is 0 Å². The van der Waals surface area contributed by atoms with E-state index in [4.69, 9.17) is 18.9 Å². The van der Waals surface area contributed by atoms with Crippen molar-refractivity contribution >= 4 is 43.6 Å². The summed E-state index contributed by atoms with van der Waals surface area (Å²) in [5, 5.41) is 4.78. The number of aryl methyl sites for hydroxylation is 2. The van der Waals surface area contributed by atoms with E-state index in [1.165, 1.54) is 54.7 Å². The zero-order chi connectivity index (χ0) is 55.5. The summed E-state index contributed by atoms with van der Waals surface area (Å²) >= 11 is 0. The van der Waals surface area contributed by atoms with E-state index < -0.39 is 0 Å². The highest BCUT2D eigenvalue weighted by Gasteiger charge is 2.28. The molecule has 12 aromatic rings. The minimum Gasteiger partial charge on any atom is -0.493 e. The largest absolute Gasteiger partial charge is 0.493 e. The van der Waals surface area contributed by atoms with Gasteiger partial charge in [-0.15, -0.1) is 0 Å². The molecule has 0 fully saturated rings. The number of fused-ring (bicyclic) bond motifs is 12. The van der Waals surface area contributed by atoms with Crippen molar-refractivity contribution < 1.29 is 28.1 Å². The first kappa shape index (κ1) is 52.1. The summed E-state index contributed by atoms with van der Waals surface area (Å²) in [6, 6.07) is 79.4. The summed E-state index contributed by atoms with van der Waals surface area (Å²) in [5.74, 6) is 3.58. The number of hydrogen-bond acceptors (Lipinski definition) is 4. The van der Waals surface area contributed by atoms with E-state index in [1.807, 2.05) is 0 Å². The van der Waals surface area contributed by atoms with Gasteiger partial charge in [-0.3, -0.25) is 0 Å². The molecule has 0 unspecified atom stereocenters. The molecule has 1 aliphatic carbocycles. The lowest BCUT2D eigenvalue weighted by Gasteiger charge is -2.24. The Morgan fingerprint density at radius 3 is 0.890 bits per heavy atom. The molecule has 0 aliphatic heterocycles. The van der Waals surface area contributed by atoms with Gasteiger partial charge in [-0.1, -0.05) is 159 Å². The Hall–Kier alpha value is -9.26. The second-order valence-corrected chi connectivity index (χ2v) is 21.9. The quantitative estimate of drug-likeness (QED) is 0.0804. The molecule has 10 aromatic carbocycles. The van der Waals surface area contributed by atoms with Crippen LogP contribution in [0.1, 0.15) is 82.3 Å². The Labute approximate surface area is 481 Å². The Kier molecular flexibility index (Phi) is 14.7. The van der Waals surface area contributed by atoms with Crippen molar-refractivity contribution in [2.24, 2.45) is 14.1 Å². The molecule has 0 radical (unpaired) electrons. The summed E-state index contributed by atoms with van der Waals surface area (Å²) < 4.78 is 33.5. The van der Waals surface area contributed by atoms with Gasteiger partial charge in [0.05, 0.1) is 34.8 Å². The predicted molar refractivity (Wildman–Crippen MR) is 333 cm³/mol. The third-order valence-electron chi connectivity index (χ3n) is 16.4. The molecule has 0 spiro atoms. The molecular weight excluding hydrogens is 1000 g/mol. The van der Waals surface area contributed by atoms with Crippen molar-refractivity contribution in [2.45, 2.75) is 65.6 Å². The molecule has 82 heavy (non-hydrogen) atoms. The molecule has 8 bridgehead atoms. The number of pyridine rings is 2. The fourth-order valence-electron chi connectivity index (χ4n) is 12.7. The molecule has 2 aromatic heterocycles. The van der Waals surface area contributed by atoms with Gasteiger partial charge in [0.2, 0.25) is 22.1 Å². The summed E-state index contributed by atoms with van der Waals surface area (Å²) in [6.07, 6.45) is 3.98. The molecule has 0 amide bonds. The lowest BCUT2D eigenvalue weighted by Crippen LogP contribution is -2.30. The topological polar surface area (TPSA) is 44.7 Å². The minimum atomic E-state index is 0.415. The molecule has 0 atom stereocenters. The van der Waals surface area contributed by atoms with Crippen molar-refractivity contribution in [3.05, 3.63) is 274 Å². The third kappa shape index (κ3) is 10.1. The first-order valence-electron chi connectivity index (χ1n) is 29.1. The van der Waals surface area contributed by atoms with Gasteiger partial charge in [0.1, 0.15) is 50.3 Å². The van der Waals surface area contributed by atoms with E-state index in [-0.39, 0.29) is 0 Å². The van der Waals surface area contributed by atoms with E-state index in [0.717, 1.165) is 103 Å². The van der Waals surface area contributed by atoms with Gasteiger partial charge in [0, 0.05) is 61.1 Å². The van der Waals surface area contributed by atoms with Crippen LogP contribution in [0.2, 0.25) is 0 Å². The van der Waals surface area contributed by atoms with Crippen LogP contribution in [0.15, 0.2) is 218 Å². The van der Waals surface area contributed by atoms with Crippen molar-refractivity contribution in [3.63, 3.8) is 0 Å². The lowest BCUT2D eigenvalue weighted by molar-refractivity contribution is -0.617. The fourth-order valence-corrected chi connectivity index (χ4v) is 12.7. The minimum absolute atomic E-state index is 0.415. The Bertz CT molecular complexity index is 3860. The fraction of sp³-hybridized carbons (Fsp3) is 0.184. The molecule has 2 heterocycles. The van der Waals surface area contributed by atoms with Crippen LogP contribution in [0, 0.1) is 0 Å². The number of rotatable bonds is 14. The monoisotopic (exact) mass is 1070 g/mol. The van der Waals surface area contributed by atoms with Crippen LogP contribution >= 0.6 is 0 Å². The molecule has 6 nitrogen and oxygen atoms in total. The molecule has 0 saturated carbocycles. The molecule has 0 saturated heterocycles. The number of nitrogens with zero attached hydrogens (tertiary/aromatic N) is 2. The Morgan fingerprint density at radius 1 is 0.305 bits per heavy atom. The summed E-state index contributed by atoms with van der Waals surface area (Å²) in [7, 11) is 4.36. The predicted octanol–water partition coefficient (Wildman–Crippen LogP) is 16.7. The van der Waals surface area contributed by atoms with Gasteiger partial charge in [0.15, 0.2) is 0 Å². The number of benzene rings is 10. The van der Waals surface area contributed by atoms with Crippen molar-refractivity contribution in [1.29, 1.82) is 0 Å². The molecule has 6 heteroatoms. The first-order chi connectivity index (χ1) is 40.4. The van der Waals surface area contributed by atoms with Gasteiger partial charge in [-0.2, -0.15) is 9.13 Å². The van der Waals surface area contributed by atoms with Crippen molar-refractivity contribution in [2.75, 3.05) is 13.2 Å². The second-order valence-electron chi connectivity index (χ2n) is 21.9. The average Bonchev–Trinajstić information content (AvgIpc) is 3.56. The first-order valence-corrected chi connectivity index (χ1v) is 29.1. The second kappa shape index (κ2) is 23.1. The number of ether oxygens (including phenoxy) is 4. The maximum atomic E-state index is 7.30. The van der Waals surface area contributed by atoms with E-state index in [0.29, 0.717) is 52.1 Å². The summed E-state index contributed by atoms with van der Waals surface area (Å²) in [5.41, 5.74) is 20.4. The Balaban J connectivity index is 1.10. The molecular formula is C76H68N2O4+2. The maximum absolute atomic E-state index is 7.30. The van der Waals surface area contributed by atoms with Crippen LogP contribution < -0.4 is 28.1 Å². The zero-order valence-corrected chi connectivity index (χ0v) is 47.4. The van der Waals surface area contributed by atoms with Crippen LogP contribution in [0.25, 0.3) is 65.9 Å². The smallest absolute Gasteiger partial charge is 0.213 e. The normalized spacial score (nSPS) is 12.2.